The van der Waals surface area contributed by atoms with E-state index in [2.05, 4.69) is 6.07 Å². The number of halogens is 1. The Balaban J connectivity index is 2.03. The van der Waals surface area contributed by atoms with Gasteiger partial charge in [0.05, 0.1) is 4.88 Å². The topological polar surface area (TPSA) is 20.3 Å². The first-order chi connectivity index (χ1) is 9.08. The molecule has 1 aliphatic rings. The summed E-state index contributed by atoms with van der Waals surface area (Å²) in [5.41, 5.74) is 1.41. The smallest absolute Gasteiger partial charge is 0.263 e. The van der Waals surface area contributed by atoms with Gasteiger partial charge < -0.3 is 4.90 Å². The van der Waals surface area contributed by atoms with E-state index in [1.54, 1.807) is 16.2 Å². The number of carbonyl (C=O) groups excluding carboxylic acids is 1. The Morgan fingerprint density at radius 3 is 2.89 bits per heavy atom. The molecule has 1 heterocycles. The Hall–Kier alpha value is -0.540. The second kappa shape index (κ2) is 6.76. The lowest BCUT2D eigenvalue weighted by Crippen LogP contribution is -2.28. The number of aryl methyl sites for hydroxylation is 2. The van der Waals surface area contributed by atoms with Crippen LogP contribution in [-0.4, -0.2) is 29.8 Å². The fourth-order valence-corrected chi connectivity index (χ4v) is 3.78. The van der Waals surface area contributed by atoms with Crippen molar-refractivity contribution in [3.05, 3.63) is 21.4 Å². The average molecular weight is 300 g/mol. The van der Waals surface area contributed by atoms with E-state index in [1.807, 2.05) is 14.0 Å². The lowest BCUT2D eigenvalue weighted by Gasteiger charge is -2.16. The lowest BCUT2D eigenvalue weighted by molar-refractivity contribution is 0.0798. The molecule has 1 aromatic rings. The van der Waals surface area contributed by atoms with E-state index in [0.717, 1.165) is 30.7 Å². The molecule has 0 fully saturated rings. The Morgan fingerprint density at radius 1 is 1.42 bits per heavy atom. The Bertz CT molecular complexity index is 418. The van der Waals surface area contributed by atoms with Crippen LogP contribution in [0.5, 0.6) is 0 Å². The molecule has 1 atom stereocenters. The zero-order chi connectivity index (χ0) is 13.8. The first-order valence-electron chi connectivity index (χ1n) is 7.09. The quantitative estimate of drug-likeness (QED) is 0.605. The molecule has 4 heteroatoms. The molecule has 0 radical (unpaired) electrons. The molecule has 0 aromatic carbocycles. The highest BCUT2D eigenvalue weighted by Gasteiger charge is 2.19. The molecule has 19 heavy (non-hydrogen) atoms. The monoisotopic (exact) mass is 299 g/mol. The molecule has 0 spiro atoms. The van der Waals surface area contributed by atoms with Crippen LogP contribution in [-0.2, 0) is 12.8 Å². The normalized spacial score (nSPS) is 16.6. The molecule has 106 valence electrons. The molecule has 0 N–H and O–H groups in total. The summed E-state index contributed by atoms with van der Waals surface area (Å²) in [7, 11) is 1.87. The Kier molecular flexibility index (Phi) is 5.28. The zero-order valence-corrected chi connectivity index (χ0v) is 13.3. The molecule has 2 rings (SSSR count). The van der Waals surface area contributed by atoms with Gasteiger partial charge in [-0.1, -0.05) is 6.42 Å². The Morgan fingerprint density at radius 2 is 2.16 bits per heavy atom. The van der Waals surface area contributed by atoms with E-state index in [0.29, 0.717) is 0 Å². The van der Waals surface area contributed by atoms with Crippen molar-refractivity contribution in [1.82, 2.24) is 4.90 Å². The summed E-state index contributed by atoms with van der Waals surface area (Å²) in [6.07, 6.45) is 6.97. The number of hydrogen-bond acceptors (Lipinski definition) is 2. The minimum atomic E-state index is 0.121. The van der Waals surface area contributed by atoms with Crippen molar-refractivity contribution < 1.29 is 4.79 Å². The standard InChI is InChI=1S/C15H22ClNOS/c1-11(16)8-9-17(2)15(18)14-10-12-6-4-3-5-7-13(12)19-14/h10-11H,3-9H2,1-2H3. The highest BCUT2D eigenvalue weighted by molar-refractivity contribution is 7.14. The van der Waals surface area contributed by atoms with E-state index in [1.165, 1.54) is 29.7 Å². The summed E-state index contributed by atoms with van der Waals surface area (Å²) in [5, 5.41) is 0.121. The lowest BCUT2D eigenvalue weighted by atomic mass is 10.1. The summed E-state index contributed by atoms with van der Waals surface area (Å²) < 4.78 is 0. The van der Waals surface area contributed by atoms with Gasteiger partial charge >= 0.3 is 0 Å². The SMILES string of the molecule is CC(Cl)CCN(C)C(=O)c1cc2c(s1)CCCCC2. The van der Waals surface area contributed by atoms with Crippen molar-refractivity contribution in [1.29, 1.82) is 0 Å². The van der Waals surface area contributed by atoms with Gasteiger partial charge in [0, 0.05) is 23.8 Å². The number of hydrogen-bond donors (Lipinski definition) is 0. The van der Waals surface area contributed by atoms with Gasteiger partial charge in [-0.3, -0.25) is 4.79 Å². The predicted octanol–water partition coefficient (Wildman–Crippen LogP) is 4.11. The maximum absolute atomic E-state index is 12.4. The summed E-state index contributed by atoms with van der Waals surface area (Å²) in [6, 6.07) is 2.12. The number of carbonyl (C=O) groups is 1. The molecule has 1 aliphatic carbocycles. The van der Waals surface area contributed by atoms with Gasteiger partial charge in [0.15, 0.2) is 0 Å². The highest BCUT2D eigenvalue weighted by atomic mass is 35.5. The van der Waals surface area contributed by atoms with Crippen molar-refractivity contribution in [2.75, 3.05) is 13.6 Å². The second-order valence-corrected chi connectivity index (χ2v) is 7.30. The van der Waals surface area contributed by atoms with E-state index in [9.17, 15) is 4.79 Å². The third-order valence-corrected chi connectivity index (χ3v) is 5.11. The van der Waals surface area contributed by atoms with E-state index >= 15 is 0 Å². The molecule has 0 aliphatic heterocycles. The van der Waals surface area contributed by atoms with Gasteiger partial charge in [-0.25, -0.2) is 0 Å². The summed E-state index contributed by atoms with van der Waals surface area (Å²) in [4.78, 5) is 16.5. The number of amides is 1. The maximum Gasteiger partial charge on any atom is 0.263 e. The third kappa shape index (κ3) is 3.96. The van der Waals surface area contributed by atoms with Gasteiger partial charge in [0.25, 0.3) is 5.91 Å². The van der Waals surface area contributed by atoms with Crippen molar-refractivity contribution in [3.8, 4) is 0 Å². The molecule has 1 amide bonds. The summed E-state index contributed by atoms with van der Waals surface area (Å²) in [5.74, 6) is 0.149. The van der Waals surface area contributed by atoms with Gasteiger partial charge in [0.2, 0.25) is 0 Å². The van der Waals surface area contributed by atoms with Crippen molar-refractivity contribution in [2.24, 2.45) is 0 Å². The molecular formula is C15H22ClNOS. The summed E-state index contributed by atoms with van der Waals surface area (Å²) in [6.45, 7) is 2.69. The van der Waals surface area contributed by atoms with Gasteiger partial charge in [0.1, 0.15) is 0 Å². The van der Waals surface area contributed by atoms with Crippen LogP contribution in [0.3, 0.4) is 0 Å². The largest absolute Gasteiger partial charge is 0.341 e. The number of fused-ring (bicyclic) bond motifs is 1. The van der Waals surface area contributed by atoms with Crippen LogP contribution in [0.4, 0.5) is 0 Å². The molecule has 0 saturated heterocycles. The maximum atomic E-state index is 12.4. The van der Waals surface area contributed by atoms with Gasteiger partial charge in [-0.2, -0.15) is 0 Å². The third-order valence-electron chi connectivity index (χ3n) is 3.67. The van der Waals surface area contributed by atoms with Crippen molar-refractivity contribution in [3.63, 3.8) is 0 Å². The van der Waals surface area contributed by atoms with Crippen LogP contribution in [0.15, 0.2) is 6.07 Å². The molecule has 0 bridgehead atoms. The number of rotatable bonds is 4. The van der Waals surface area contributed by atoms with Crippen LogP contribution < -0.4 is 0 Å². The zero-order valence-electron chi connectivity index (χ0n) is 11.7. The molecule has 0 saturated carbocycles. The van der Waals surface area contributed by atoms with Gasteiger partial charge in [-0.15, -0.1) is 22.9 Å². The van der Waals surface area contributed by atoms with Crippen LogP contribution in [0.1, 0.15) is 52.7 Å². The van der Waals surface area contributed by atoms with Crippen molar-refractivity contribution >= 4 is 28.8 Å². The predicted molar refractivity (Wildman–Crippen MR) is 82.5 cm³/mol. The number of thiophene rings is 1. The molecule has 1 aromatic heterocycles. The minimum absolute atomic E-state index is 0.121. The van der Waals surface area contributed by atoms with Crippen molar-refractivity contribution in [2.45, 2.75) is 50.8 Å². The van der Waals surface area contributed by atoms with E-state index in [4.69, 9.17) is 11.6 Å². The van der Waals surface area contributed by atoms with Gasteiger partial charge in [-0.05, 0) is 50.7 Å². The molecular weight excluding hydrogens is 278 g/mol. The average Bonchev–Trinajstić information content (AvgIpc) is 2.66. The molecule has 2 nitrogen and oxygen atoms in total. The van der Waals surface area contributed by atoms with Crippen LogP contribution in [0, 0.1) is 0 Å². The molecule has 1 unspecified atom stereocenters. The highest BCUT2D eigenvalue weighted by Crippen LogP contribution is 2.29. The fourth-order valence-electron chi connectivity index (χ4n) is 2.43. The van der Waals surface area contributed by atoms with E-state index in [-0.39, 0.29) is 11.3 Å². The van der Waals surface area contributed by atoms with E-state index < -0.39 is 0 Å². The number of alkyl halides is 1. The first kappa shape index (κ1) is 14.9. The minimum Gasteiger partial charge on any atom is -0.341 e. The fraction of sp³-hybridized carbons (Fsp3) is 0.667. The Labute approximate surface area is 124 Å². The van der Waals surface area contributed by atoms with Crippen LogP contribution in [0.2, 0.25) is 0 Å². The summed E-state index contributed by atoms with van der Waals surface area (Å²) >= 11 is 7.63. The number of nitrogens with zero attached hydrogens (tertiary/aromatic N) is 1. The second-order valence-electron chi connectivity index (χ2n) is 5.42. The first-order valence-corrected chi connectivity index (χ1v) is 8.34. The van der Waals surface area contributed by atoms with Crippen LogP contribution in [0.25, 0.3) is 0 Å². The van der Waals surface area contributed by atoms with Crippen LogP contribution >= 0.6 is 22.9 Å².